The predicted octanol–water partition coefficient (Wildman–Crippen LogP) is 7.48. The third-order valence-corrected chi connectivity index (χ3v) is 14.0. The molecule has 5 amide bonds. The Bertz CT molecular complexity index is 2550. The van der Waals surface area contributed by atoms with Gasteiger partial charge in [-0.2, -0.15) is 10.2 Å². The summed E-state index contributed by atoms with van der Waals surface area (Å²) >= 11 is 0. The molecule has 2 aliphatic carbocycles. The van der Waals surface area contributed by atoms with Crippen LogP contribution in [0, 0.1) is 34.9 Å². The third kappa shape index (κ3) is 12.5. The minimum atomic E-state index is -4.81. The molecule has 3 aliphatic heterocycles. The molecule has 0 spiro atoms. The number of amides is 5. The molecule has 1 saturated carbocycles. The minimum absolute atomic E-state index is 0.00482. The van der Waals surface area contributed by atoms with Crippen molar-refractivity contribution in [2.45, 2.75) is 117 Å². The lowest BCUT2D eigenvalue weighted by molar-refractivity contribution is -0.274. The number of benzene rings is 2. The Hall–Kier alpha value is -6.62. The lowest BCUT2D eigenvalue weighted by Gasteiger charge is -2.35. The fourth-order valence-corrected chi connectivity index (χ4v) is 10.5. The van der Waals surface area contributed by atoms with Crippen LogP contribution in [0.1, 0.15) is 124 Å². The Kier molecular flexibility index (Phi) is 17.0. The fraction of sp³-hybridized carbons (Fsp3) is 0.529. The molecule has 2 bridgehead atoms. The van der Waals surface area contributed by atoms with Crippen LogP contribution in [-0.4, -0.2) is 107 Å². The maximum atomic E-state index is 14.7. The van der Waals surface area contributed by atoms with Crippen LogP contribution >= 0.6 is 0 Å². The summed E-state index contributed by atoms with van der Waals surface area (Å²) < 4.78 is 57.2. The number of alkyl halides is 3. The number of piperidine rings is 2. The molecule has 3 fully saturated rings. The Morgan fingerprint density at radius 2 is 1.68 bits per heavy atom. The number of para-hydroxylation sites is 1. The average molecular weight is 987 g/mol. The van der Waals surface area contributed by atoms with E-state index in [9.17, 15) is 46.8 Å². The molecule has 16 nitrogen and oxygen atoms in total. The van der Waals surface area contributed by atoms with Gasteiger partial charge in [0.25, 0.3) is 11.8 Å². The number of nitrogens with zero attached hydrogens (tertiary/aromatic N) is 6. The molecule has 3 aromatic rings. The molecule has 380 valence electrons. The van der Waals surface area contributed by atoms with Crippen molar-refractivity contribution in [3.8, 4) is 11.8 Å². The van der Waals surface area contributed by atoms with E-state index in [4.69, 9.17) is 0 Å². The molecular formula is C51H62F4N10O6. The summed E-state index contributed by atoms with van der Waals surface area (Å²) in [6, 6.07) is 9.52. The summed E-state index contributed by atoms with van der Waals surface area (Å²) in [6.07, 6.45) is 4.70. The first-order valence-electron chi connectivity index (χ1n) is 24.6. The highest BCUT2D eigenvalue weighted by Crippen LogP contribution is 2.45. The summed E-state index contributed by atoms with van der Waals surface area (Å²) in [5, 5.41) is 21.6. The van der Waals surface area contributed by atoms with Crippen LogP contribution in [0.4, 0.5) is 35.0 Å². The number of fused-ring (bicyclic) bond motifs is 3. The highest BCUT2D eigenvalue weighted by atomic mass is 19.4. The zero-order valence-electron chi connectivity index (χ0n) is 40.6. The number of hydrogen-bond donors (Lipinski definition) is 4. The van der Waals surface area contributed by atoms with Crippen LogP contribution in [0.5, 0.6) is 5.75 Å². The van der Waals surface area contributed by atoms with Gasteiger partial charge in [-0.3, -0.25) is 34.2 Å². The Balaban J connectivity index is 0.000000235. The lowest BCUT2D eigenvalue weighted by atomic mass is 9.79. The van der Waals surface area contributed by atoms with Gasteiger partial charge in [0.1, 0.15) is 35.1 Å². The van der Waals surface area contributed by atoms with Gasteiger partial charge in [0.15, 0.2) is 0 Å². The number of imide groups is 2. The molecule has 8 rings (SSSR count). The van der Waals surface area contributed by atoms with Crippen LogP contribution in [0.25, 0.3) is 0 Å². The van der Waals surface area contributed by atoms with Crippen molar-refractivity contribution in [2.75, 3.05) is 54.8 Å². The van der Waals surface area contributed by atoms with E-state index in [1.165, 1.54) is 48.0 Å². The van der Waals surface area contributed by atoms with Gasteiger partial charge in [-0.25, -0.2) is 9.37 Å². The zero-order chi connectivity index (χ0) is 51.0. The van der Waals surface area contributed by atoms with Gasteiger partial charge in [0.05, 0.1) is 29.6 Å². The second kappa shape index (κ2) is 23.1. The fourth-order valence-electron chi connectivity index (χ4n) is 10.5. The summed E-state index contributed by atoms with van der Waals surface area (Å²) in [7, 11) is 0. The van der Waals surface area contributed by atoms with Crippen molar-refractivity contribution >= 4 is 47.0 Å². The Morgan fingerprint density at radius 3 is 2.34 bits per heavy atom. The summed E-state index contributed by atoms with van der Waals surface area (Å²) in [5.74, 6) is -0.930. The molecule has 2 aromatic carbocycles. The predicted molar refractivity (Wildman–Crippen MR) is 256 cm³/mol. The second-order valence-electron chi connectivity index (χ2n) is 18.9. The molecule has 4 N–H and O–H groups in total. The normalized spacial score (nSPS) is 21.1. The zero-order valence-corrected chi connectivity index (χ0v) is 40.6. The topological polar surface area (TPSA) is 202 Å². The number of likely N-dealkylation sites (tertiary alicyclic amines) is 1. The first kappa shape index (κ1) is 52.2. The van der Waals surface area contributed by atoms with Crippen molar-refractivity contribution in [3.63, 3.8) is 0 Å². The maximum Gasteiger partial charge on any atom is 0.573 e. The largest absolute Gasteiger partial charge is 0.573 e. The molecule has 20 heteroatoms. The second-order valence-corrected chi connectivity index (χ2v) is 18.9. The number of aromatic nitrogens is 2. The van der Waals surface area contributed by atoms with Crippen LogP contribution in [-0.2, 0) is 20.9 Å². The molecule has 4 heterocycles. The van der Waals surface area contributed by atoms with E-state index in [0.717, 1.165) is 74.9 Å². The minimum Gasteiger partial charge on any atom is -0.405 e. The summed E-state index contributed by atoms with van der Waals surface area (Å²) in [5.41, 5.74) is 3.49. The summed E-state index contributed by atoms with van der Waals surface area (Å²) in [6.45, 7) is 12.2. The van der Waals surface area contributed by atoms with Gasteiger partial charge in [0.2, 0.25) is 23.7 Å². The average Bonchev–Trinajstić information content (AvgIpc) is 3.80. The molecule has 4 atom stereocenters. The van der Waals surface area contributed by atoms with Gasteiger partial charge in [-0.1, -0.05) is 63.5 Å². The van der Waals surface area contributed by atoms with Gasteiger partial charge in [-0.05, 0) is 87.3 Å². The number of carbonyl (C=O) groups is 5. The number of rotatable bonds is 17. The molecule has 5 aliphatic rings. The number of nitriles is 1. The Morgan fingerprint density at radius 1 is 0.972 bits per heavy atom. The van der Waals surface area contributed by atoms with E-state index in [-0.39, 0.29) is 71.0 Å². The maximum absolute atomic E-state index is 14.7. The number of hydrogen-bond acceptors (Lipinski definition) is 13. The van der Waals surface area contributed by atoms with Crippen LogP contribution < -0.4 is 30.9 Å². The SMILES string of the molecule is CCC1CCN(C(=O)CNC2C3=C(CNc4nc(NCc5ccccc5OC(F)(F)F)ncc4C#N)CC(C3)CC2C)CC1.CCCN(CCC)c1cc2c(cc1F)C(=O)N(C1CCC(=O)NC1=O)C2=O. The van der Waals surface area contributed by atoms with Crippen molar-refractivity contribution in [3.05, 3.63) is 81.8 Å². The van der Waals surface area contributed by atoms with Gasteiger partial charge in [-0.15, -0.1) is 13.2 Å². The van der Waals surface area contributed by atoms with E-state index in [1.54, 1.807) is 6.07 Å². The van der Waals surface area contributed by atoms with Gasteiger partial charge >= 0.3 is 6.36 Å². The smallest absolute Gasteiger partial charge is 0.405 e. The molecule has 2 saturated heterocycles. The van der Waals surface area contributed by atoms with Gasteiger partial charge in [0, 0.05) is 57.3 Å². The Labute approximate surface area is 410 Å². The van der Waals surface area contributed by atoms with E-state index in [1.807, 2.05) is 23.6 Å². The van der Waals surface area contributed by atoms with Crippen molar-refractivity contribution in [1.82, 2.24) is 30.4 Å². The number of anilines is 3. The third-order valence-electron chi connectivity index (χ3n) is 14.0. The van der Waals surface area contributed by atoms with Crippen LogP contribution in [0.3, 0.4) is 0 Å². The van der Waals surface area contributed by atoms with E-state index >= 15 is 0 Å². The van der Waals surface area contributed by atoms with E-state index < -0.39 is 41.9 Å². The molecule has 0 radical (unpaired) electrons. The summed E-state index contributed by atoms with van der Waals surface area (Å²) in [4.78, 5) is 75.2. The van der Waals surface area contributed by atoms with E-state index in [0.29, 0.717) is 43.8 Å². The van der Waals surface area contributed by atoms with Gasteiger partial charge < -0.3 is 30.5 Å². The van der Waals surface area contributed by atoms with Crippen LogP contribution in [0.15, 0.2) is 53.7 Å². The number of carbonyl (C=O) groups excluding carboxylic acids is 5. The molecule has 4 unspecified atom stereocenters. The quantitative estimate of drug-likeness (QED) is 0.0590. The number of nitrogens with one attached hydrogen (secondary N) is 4. The first-order chi connectivity index (χ1) is 34.0. The number of ether oxygens (including phenoxy) is 1. The lowest BCUT2D eigenvalue weighted by Crippen LogP contribution is -2.54. The van der Waals surface area contributed by atoms with Crippen molar-refractivity contribution in [2.24, 2.45) is 17.8 Å². The monoisotopic (exact) mass is 986 g/mol. The van der Waals surface area contributed by atoms with Crippen LogP contribution in [0.2, 0.25) is 0 Å². The standard InChI is InChI=1S/C32H40F3N7O2.C19H22FN3O4/c1-3-21-8-10-42(11-9-21)28(43)19-37-29-20(2)12-22-13-24(26(29)14-22)17-38-30-25(15-36)18-40-31(41-30)39-16-23-6-4-5-7-27(23)44-32(33,34)35;1-3-7-22(8-4-2)15-10-12-11(9-13(15)20)18(26)23(19(12)27)14-5-6-16(24)21-17(14)25/h4-7,18,20-22,29,37H,3,8-14,16-17,19H2,1-2H3,(H2,38,39,40,41);9-10,14H,3-8H2,1-2H3,(H,21,24,25). The molecular weight excluding hydrogens is 925 g/mol. The highest BCUT2D eigenvalue weighted by Gasteiger charge is 2.45. The van der Waals surface area contributed by atoms with Crippen molar-refractivity contribution in [1.29, 1.82) is 5.26 Å². The molecule has 71 heavy (non-hydrogen) atoms. The number of halogens is 4. The van der Waals surface area contributed by atoms with E-state index in [2.05, 4.69) is 55.9 Å². The van der Waals surface area contributed by atoms with Crippen molar-refractivity contribution < 1.29 is 46.3 Å². The molecule has 1 aromatic heterocycles. The first-order valence-corrected chi connectivity index (χ1v) is 24.6. The highest BCUT2D eigenvalue weighted by molar-refractivity contribution is 6.23.